The summed E-state index contributed by atoms with van der Waals surface area (Å²) in [6.07, 6.45) is 1.11. The highest BCUT2D eigenvalue weighted by atomic mass is 16.5. The minimum Gasteiger partial charge on any atom is -0.379 e. The molecule has 0 radical (unpaired) electrons. The molecule has 0 aromatic carbocycles. The molecule has 1 amide bonds. The van der Waals surface area contributed by atoms with Crippen molar-refractivity contribution in [1.29, 1.82) is 0 Å². The fourth-order valence-electron chi connectivity index (χ4n) is 2.00. The fraction of sp³-hybridized carbons (Fsp3) is 0.923. The van der Waals surface area contributed by atoms with E-state index in [2.05, 4.69) is 31.1 Å². The molecular formula is C13H27N3O2. The molecule has 3 unspecified atom stereocenters. The highest BCUT2D eigenvalue weighted by Crippen LogP contribution is 2.26. The first-order chi connectivity index (χ1) is 8.41. The quantitative estimate of drug-likeness (QED) is 0.713. The van der Waals surface area contributed by atoms with E-state index >= 15 is 0 Å². The van der Waals surface area contributed by atoms with Gasteiger partial charge in [0.05, 0.1) is 18.6 Å². The smallest absolute Gasteiger partial charge is 0.229 e. The normalized spacial score (nSPS) is 29.6. The molecule has 1 aliphatic heterocycles. The van der Waals surface area contributed by atoms with E-state index in [1.165, 1.54) is 0 Å². The summed E-state index contributed by atoms with van der Waals surface area (Å²) in [5, 5.41) is 2.96. The lowest BCUT2D eigenvalue weighted by molar-refractivity contribution is -0.130. The first-order valence-electron chi connectivity index (χ1n) is 6.73. The van der Waals surface area contributed by atoms with Crippen LogP contribution in [-0.2, 0) is 9.53 Å². The Labute approximate surface area is 110 Å². The third kappa shape index (κ3) is 3.43. The van der Waals surface area contributed by atoms with Gasteiger partial charge in [-0.05, 0) is 27.3 Å². The number of nitrogens with two attached hydrogens (primary N) is 1. The van der Waals surface area contributed by atoms with Gasteiger partial charge >= 0.3 is 0 Å². The molecule has 0 aliphatic carbocycles. The molecule has 3 N–H and O–H groups in total. The van der Waals surface area contributed by atoms with Crippen molar-refractivity contribution in [2.75, 3.05) is 33.4 Å². The van der Waals surface area contributed by atoms with Gasteiger partial charge in [0.2, 0.25) is 5.91 Å². The van der Waals surface area contributed by atoms with E-state index in [1.54, 1.807) is 0 Å². The molecule has 106 valence electrons. The number of carbonyl (C=O) groups is 1. The molecule has 5 heteroatoms. The standard InChI is InChI=1S/C13H27N3O2/c1-5-10(2)16(4)7-6-15-12(17)13(3)9-18-8-11(13)14/h10-11H,5-9,14H2,1-4H3,(H,15,17). The lowest BCUT2D eigenvalue weighted by Gasteiger charge is -2.27. The third-order valence-corrected chi connectivity index (χ3v) is 4.13. The van der Waals surface area contributed by atoms with E-state index in [0.29, 0.717) is 25.8 Å². The van der Waals surface area contributed by atoms with Crippen LogP contribution in [0.1, 0.15) is 27.2 Å². The lowest BCUT2D eigenvalue weighted by atomic mass is 9.85. The highest BCUT2D eigenvalue weighted by Gasteiger charge is 2.44. The predicted molar refractivity (Wildman–Crippen MR) is 72.3 cm³/mol. The van der Waals surface area contributed by atoms with Crippen molar-refractivity contribution in [3.63, 3.8) is 0 Å². The van der Waals surface area contributed by atoms with Crippen molar-refractivity contribution in [3.05, 3.63) is 0 Å². The van der Waals surface area contributed by atoms with Crippen LogP contribution in [0.3, 0.4) is 0 Å². The molecule has 0 aromatic rings. The van der Waals surface area contributed by atoms with Crippen LogP contribution in [0, 0.1) is 5.41 Å². The molecule has 5 nitrogen and oxygen atoms in total. The molecule has 18 heavy (non-hydrogen) atoms. The van der Waals surface area contributed by atoms with Crippen LogP contribution in [0.2, 0.25) is 0 Å². The molecule has 0 saturated carbocycles. The zero-order chi connectivity index (χ0) is 13.8. The Hall–Kier alpha value is -0.650. The van der Waals surface area contributed by atoms with Gasteiger partial charge in [-0.2, -0.15) is 0 Å². The largest absolute Gasteiger partial charge is 0.379 e. The molecule has 0 bridgehead atoms. The number of nitrogens with one attached hydrogen (secondary N) is 1. The van der Waals surface area contributed by atoms with Crippen LogP contribution in [0.15, 0.2) is 0 Å². The van der Waals surface area contributed by atoms with E-state index in [9.17, 15) is 4.79 Å². The maximum Gasteiger partial charge on any atom is 0.229 e. The van der Waals surface area contributed by atoms with Crippen molar-refractivity contribution in [2.45, 2.75) is 39.3 Å². The number of rotatable bonds is 6. The molecule has 3 atom stereocenters. The van der Waals surface area contributed by atoms with E-state index in [0.717, 1.165) is 13.0 Å². The van der Waals surface area contributed by atoms with Crippen LogP contribution in [0.4, 0.5) is 0 Å². The van der Waals surface area contributed by atoms with Gasteiger partial charge in [0.15, 0.2) is 0 Å². The summed E-state index contributed by atoms with van der Waals surface area (Å²) < 4.78 is 5.28. The summed E-state index contributed by atoms with van der Waals surface area (Å²) >= 11 is 0. The molecule has 0 spiro atoms. The van der Waals surface area contributed by atoms with Crippen molar-refractivity contribution in [3.8, 4) is 0 Å². The second kappa shape index (κ2) is 6.50. The van der Waals surface area contributed by atoms with E-state index in [-0.39, 0.29) is 11.9 Å². The monoisotopic (exact) mass is 257 g/mol. The maximum atomic E-state index is 12.1. The Morgan fingerprint density at radius 3 is 2.83 bits per heavy atom. The Morgan fingerprint density at radius 2 is 2.33 bits per heavy atom. The van der Waals surface area contributed by atoms with Crippen LogP contribution in [0.25, 0.3) is 0 Å². The Bertz CT molecular complexity index is 285. The summed E-state index contributed by atoms with van der Waals surface area (Å²) in [5.74, 6) is 0.00468. The van der Waals surface area contributed by atoms with Gasteiger partial charge in [-0.15, -0.1) is 0 Å². The second-order valence-electron chi connectivity index (χ2n) is 5.53. The SMILES string of the molecule is CCC(C)N(C)CCNC(=O)C1(C)COCC1N. The number of ether oxygens (including phenoxy) is 1. The summed E-state index contributed by atoms with van der Waals surface area (Å²) in [4.78, 5) is 14.4. The molecule has 1 aliphatic rings. The lowest BCUT2D eigenvalue weighted by Crippen LogP contribution is -2.51. The predicted octanol–water partition coefficient (Wildman–Crippen LogP) is 0.197. The number of hydrogen-bond acceptors (Lipinski definition) is 4. The molecule has 1 heterocycles. The molecular weight excluding hydrogens is 230 g/mol. The van der Waals surface area contributed by atoms with Gasteiger partial charge < -0.3 is 20.7 Å². The Kier molecular flexibility index (Phi) is 5.56. The first-order valence-corrected chi connectivity index (χ1v) is 6.73. The van der Waals surface area contributed by atoms with E-state index < -0.39 is 5.41 Å². The topological polar surface area (TPSA) is 67.6 Å². The zero-order valence-corrected chi connectivity index (χ0v) is 12.0. The van der Waals surface area contributed by atoms with Crippen LogP contribution < -0.4 is 11.1 Å². The minimum atomic E-state index is -0.574. The van der Waals surface area contributed by atoms with Crippen LogP contribution in [-0.4, -0.2) is 56.2 Å². The summed E-state index contributed by atoms with van der Waals surface area (Å²) in [6.45, 7) is 8.62. The molecule has 1 rings (SSSR count). The third-order valence-electron chi connectivity index (χ3n) is 4.13. The average molecular weight is 257 g/mol. The van der Waals surface area contributed by atoms with Crippen molar-refractivity contribution >= 4 is 5.91 Å². The summed E-state index contributed by atoms with van der Waals surface area (Å²) in [5.41, 5.74) is 5.34. The fourth-order valence-corrected chi connectivity index (χ4v) is 2.00. The number of nitrogens with zero attached hydrogens (tertiary/aromatic N) is 1. The van der Waals surface area contributed by atoms with E-state index in [4.69, 9.17) is 10.5 Å². The highest BCUT2D eigenvalue weighted by molar-refractivity contribution is 5.83. The summed E-state index contributed by atoms with van der Waals surface area (Å²) in [7, 11) is 2.08. The number of hydrogen-bond donors (Lipinski definition) is 2. The first kappa shape index (κ1) is 15.4. The number of carbonyl (C=O) groups excluding carboxylic acids is 1. The maximum absolute atomic E-state index is 12.1. The molecule has 0 aromatic heterocycles. The number of likely N-dealkylation sites (N-methyl/N-ethyl adjacent to an activating group) is 1. The van der Waals surface area contributed by atoms with Gasteiger partial charge in [-0.1, -0.05) is 6.92 Å². The summed E-state index contributed by atoms with van der Waals surface area (Å²) in [6, 6.07) is 0.333. The molecule has 1 fully saturated rings. The Balaban J connectivity index is 2.33. The van der Waals surface area contributed by atoms with Gasteiger partial charge in [0, 0.05) is 25.2 Å². The van der Waals surface area contributed by atoms with Gasteiger partial charge in [-0.25, -0.2) is 0 Å². The van der Waals surface area contributed by atoms with Gasteiger partial charge in [0.25, 0.3) is 0 Å². The van der Waals surface area contributed by atoms with Crippen LogP contribution in [0.5, 0.6) is 0 Å². The van der Waals surface area contributed by atoms with Crippen molar-refractivity contribution in [2.24, 2.45) is 11.1 Å². The van der Waals surface area contributed by atoms with Gasteiger partial charge in [0.1, 0.15) is 0 Å². The van der Waals surface area contributed by atoms with Crippen molar-refractivity contribution < 1.29 is 9.53 Å². The molecule has 1 saturated heterocycles. The van der Waals surface area contributed by atoms with Crippen LogP contribution >= 0.6 is 0 Å². The van der Waals surface area contributed by atoms with Crippen molar-refractivity contribution in [1.82, 2.24) is 10.2 Å². The zero-order valence-electron chi connectivity index (χ0n) is 12.0. The average Bonchev–Trinajstić information content (AvgIpc) is 2.69. The van der Waals surface area contributed by atoms with Gasteiger partial charge in [-0.3, -0.25) is 4.79 Å². The van der Waals surface area contributed by atoms with E-state index in [1.807, 2.05) is 6.92 Å². The Morgan fingerprint density at radius 1 is 1.67 bits per heavy atom. The number of amides is 1. The minimum absolute atomic E-state index is 0.00468. The second-order valence-corrected chi connectivity index (χ2v) is 5.53.